The molecule has 1 aromatic rings. The average molecular weight is 646 g/mol. The molecule has 230 valence electrons. The van der Waals surface area contributed by atoms with Crippen molar-refractivity contribution in [2.75, 3.05) is 13.2 Å². The van der Waals surface area contributed by atoms with Gasteiger partial charge in [-0.2, -0.15) is 12.7 Å². The molecule has 0 aliphatic carbocycles. The van der Waals surface area contributed by atoms with Crippen LogP contribution in [-0.4, -0.2) is 120 Å². The van der Waals surface area contributed by atoms with Gasteiger partial charge >= 0.3 is 31.7 Å². The highest BCUT2D eigenvalue weighted by atomic mass is 32.3. The van der Waals surface area contributed by atoms with Crippen molar-refractivity contribution in [1.82, 2.24) is 9.55 Å². The Morgan fingerprint density at radius 1 is 0.900 bits per heavy atom. The monoisotopic (exact) mass is 646 g/mol. The first-order chi connectivity index (χ1) is 18.3. The van der Waals surface area contributed by atoms with E-state index in [1.165, 1.54) is 0 Å². The van der Waals surface area contributed by atoms with Gasteiger partial charge in [0.25, 0.3) is 5.56 Å². The molecule has 3 heterocycles. The molecule has 11 atom stereocenters. The summed E-state index contributed by atoms with van der Waals surface area (Å²) < 4.78 is 82.2. The van der Waals surface area contributed by atoms with Crippen LogP contribution in [0.1, 0.15) is 6.23 Å². The molecule has 2 unspecified atom stereocenters. The van der Waals surface area contributed by atoms with Crippen LogP contribution >= 0.6 is 15.6 Å². The summed E-state index contributed by atoms with van der Waals surface area (Å²) in [7, 11) is -16.4. The van der Waals surface area contributed by atoms with Gasteiger partial charge < -0.3 is 44.8 Å². The topological polar surface area (TPSA) is 340 Å². The zero-order valence-corrected chi connectivity index (χ0v) is 22.1. The Hall–Kier alpha value is -1.47. The Morgan fingerprint density at radius 3 is 2.10 bits per heavy atom. The summed E-state index contributed by atoms with van der Waals surface area (Å²) in [6.45, 7) is -2.27. The Morgan fingerprint density at radius 2 is 1.50 bits per heavy atom. The van der Waals surface area contributed by atoms with Crippen LogP contribution in [0.15, 0.2) is 21.9 Å². The second-order valence-corrected chi connectivity index (χ2v) is 12.3. The molecular formula is C15H24N2O20P2S. The molecule has 2 fully saturated rings. The van der Waals surface area contributed by atoms with Crippen molar-refractivity contribution in [3.63, 3.8) is 0 Å². The van der Waals surface area contributed by atoms with Crippen molar-refractivity contribution in [2.45, 2.75) is 55.2 Å². The zero-order valence-electron chi connectivity index (χ0n) is 19.5. The number of hydrogen-bond acceptors (Lipinski definition) is 17. The molecule has 0 bridgehead atoms. The smallest absolute Gasteiger partial charge is 0.387 e. The summed E-state index contributed by atoms with van der Waals surface area (Å²) >= 11 is 0. The fourth-order valence-electron chi connectivity index (χ4n) is 3.49. The molecule has 40 heavy (non-hydrogen) atoms. The molecule has 0 amide bonds. The lowest BCUT2D eigenvalue weighted by Crippen LogP contribution is -2.59. The van der Waals surface area contributed by atoms with Gasteiger partial charge in [0, 0.05) is 12.3 Å². The summed E-state index contributed by atoms with van der Waals surface area (Å²) in [4.78, 5) is 44.7. The maximum atomic E-state index is 12.3. The third-order valence-corrected chi connectivity index (χ3v) is 8.39. The SMILES string of the molecule is O=c1ccn([C@@H]2O[C@H](COP(=O)(O)OP(=O)(O)O[C@H]3O[C@H](COS(=O)(=O)O)[C@@H](O)[C@H](O)[C@H]3O)[C@@H](O)[C@H]2O)c(=O)[nH]1. The van der Waals surface area contributed by atoms with Gasteiger partial charge in [-0.15, -0.1) is 0 Å². The van der Waals surface area contributed by atoms with Gasteiger partial charge in [0.05, 0.1) is 13.2 Å². The van der Waals surface area contributed by atoms with E-state index in [4.69, 9.17) is 14.0 Å². The lowest BCUT2D eigenvalue weighted by molar-refractivity contribution is -0.279. The Kier molecular flexibility index (Phi) is 10.2. The van der Waals surface area contributed by atoms with Crippen LogP contribution < -0.4 is 11.2 Å². The minimum Gasteiger partial charge on any atom is -0.387 e. The van der Waals surface area contributed by atoms with E-state index in [9.17, 15) is 62.5 Å². The number of nitrogens with one attached hydrogen (secondary N) is 1. The van der Waals surface area contributed by atoms with E-state index in [1.807, 2.05) is 4.98 Å². The van der Waals surface area contributed by atoms with Crippen LogP contribution in [0.25, 0.3) is 0 Å². The number of phosphoric ester groups is 2. The summed E-state index contributed by atoms with van der Waals surface area (Å²) in [6, 6.07) is 0.901. The number of aromatic nitrogens is 2. The first-order valence-electron chi connectivity index (χ1n) is 10.6. The van der Waals surface area contributed by atoms with Crippen LogP contribution in [0.2, 0.25) is 0 Å². The fourth-order valence-corrected chi connectivity index (χ4v) is 5.95. The lowest BCUT2D eigenvalue weighted by Gasteiger charge is -2.39. The molecule has 0 saturated carbocycles. The van der Waals surface area contributed by atoms with E-state index >= 15 is 0 Å². The molecule has 25 heteroatoms. The number of aliphatic hydroxyl groups excluding tert-OH is 5. The molecule has 2 saturated heterocycles. The highest BCUT2D eigenvalue weighted by molar-refractivity contribution is 7.80. The summed E-state index contributed by atoms with van der Waals surface area (Å²) in [5.41, 5.74) is -1.81. The zero-order chi connectivity index (χ0) is 30.2. The number of phosphoric acid groups is 2. The summed E-state index contributed by atoms with van der Waals surface area (Å²) in [5, 5.41) is 49.9. The predicted molar refractivity (Wildman–Crippen MR) is 119 cm³/mol. The van der Waals surface area contributed by atoms with Crippen LogP contribution in [-0.2, 0) is 46.5 Å². The minimum atomic E-state index is -5.76. The first-order valence-corrected chi connectivity index (χ1v) is 15.0. The van der Waals surface area contributed by atoms with Gasteiger partial charge in [-0.3, -0.25) is 27.9 Å². The van der Waals surface area contributed by atoms with Gasteiger partial charge in [0.1, 0.15) is 42.7 Å². The molecule has 0 spiro atoms. The second-order valence-electron chi connectivity index (χ2n) is 8.21. The van der Waals surface area contributed by atoms with E-state index in [1.54, 1.807) is 0 Å². The molecule has 2 aliphatic rings. The molecule has 22 nitrogen and oxygen atoms in total. The number of nitrogens with zero attached hydrogens (tertiary/aromatic N) is 1. The van der Waals surface area contributed by atoms with Gasteiger partial charge in [0.2, 0.25) is 0 Å². The van der Waals surface area contributed by atoms with E-state index in [0.717, 1.165) is 12.3 Å². The highest BCUT2D eigenvalue weighted by Crippen LogP contribution is 2.61. The Balaban J connectivity index is 1.62. The third kappa shape index (κ3) is 8.30. The molecule has 0 aromatic carbocycles. The molecule has 9 N–H and O–H groups in total. The van der Waals surface area contributed by atoms with E-state index in [-0.39, 0.29) is 0 Å². The second kappa shape index (κ2) is 12.4. The van der Waals surface area contributed by atoms with Gasteiger partial charge in [-0.25, -0.2) is 18.1 Å². The van der Waals surface area contributed by atoms with Crippen molar-refractivity contribution in [1.29, 1.82) is 0 Å². The maximum Gasteiger partial charge on any atom is 0.483 e. The van der Waals surface area contributed by atoms with Gasteiger partial charge in [0.15, 0.2) is 12.5 Å². The van der Waals surface area contributed by atoms with Crippen molar-refractivity contribution in [3.05, 3.63) is 33.1 Å². The standard InChI is InChI=1S/C15H24N2O20P2S/c18-7-1-2-17(15(24)16-7)13-11(22)9(20)5(34-13)3-32-38(25,26)37-39(27,28)36-14-12(23)10(21)8(19)6(35-14)4-33-40(29,30)31/h1-2,5-6,8-14,19-23H,3-4H2,(H,25,26)(H,27,28)(H,16,18,24)(H,29,30,31)/t5-,6-,8-,9-,10+,11-,12-,13-,14-/m1/s1. The lowest BCUT2D eigenvalue weighted by atomic mass is 10.00. The van der Waals surface area contributed by atoms with E-state index < -0.39 is 106 Å². The Bertz CT molecular complexity index is 1370. The number of ether oxygens (including phenoxy) is 2. The molecular weight excluding hydrogens is 622 g/mol. The van der Waals surface area contributed by atoms with Crippen molar-refractivity contribution in [2.24, 2.45) is 0 Å². The van der Waals surface area contributed by atoms with Crippen molar-refractivity contribution in [3.8, 4) is 0 Å². The summed E-state index contributed by atoms with van der Waals surface area (Å²) in [6.07, 6.45) is -16.8. The van der Waals surface area contributed by atoms with Crippen LogP contribution in [0, 0.1) is 0 Å². The summed E-state index contributed by atoms with van der Waals surface area (Å²) in [5.74, 6) is 0. The molecule has 0 radical (unpaired) electrons. The third-order valence-electron chi connectivity index (χ3n) is 5.36. The quantitative estimate of drug-likeness (QED) is 0.0802. The number of aliphatic hydroxyl groups is 5. The number of H-pyrrole nitrogens is 1. The van der Waals surface area contributed by atoms with Crippen molar-refractivity contribution < 1.29 is 84.4 Å². The first kappa shape index (κ1) is 33.0. The van der Waals surface area contributed by atoms with Crippen molar-refractivity contribution >= 4 is 26.0 Å². The number of rotatable bonds is 11. The predicted octanol–water partition coefficient (Wildman–Crippen LogP) is -4.97. The molecule has 2 aliphatic heterocycles. The fraction of sp³-hybridized carbons (Fsp3) is 0.733. The number of aromatic amines is 1. The van der Waals surface area contributed by atoms with E-state index in [0.29, 0.717) is 4.57 Å². The number of hydrogen-bond donors (Lipinski definition) is 9. The largest absolute Gasteiger partial charge is 0.483 e. The average Bonchev–Trinajstić information content (AvgIpc) is 3.09. The Labute approximate surface area is 222 Å². The molecule has 3 rings (SSSR count). The van der Waals surface area contributed by atoms with E-state index in [2.05, 4.69) is 17.5 Å². The normalized spacial score (nSPS) is 36.1. The highest BCUT2D eigenvalue weighted by Gasteiger charge is 2.50. The van der Waals surface area contributed by atoms with Crippen LogP contribution in [0.4, 0.5) is 0 Å². The van der Waals surface area contributed by atoms with Crippen LogP contribution in [0.3, 0.4) is 0 Å². The minimum absolute atomic E-state index is 0.690. The molecule has 1 aromatic heterocycles. The maximum absolute atomic E-state index is 12.3. The van der Waals surface area contributed by atoms with Crippen LogP contribution in [0.5, 0.6) is 0 Å². The van der Waals surface area contributed by atoms with Gasteiger partial charge in [-0.05, 0) is 0 Å². The van der Waals surface area contributed by atoms with Gasteiger partial charge in [-0.1, -0.05) is 0 Å².